The van der Waals surface area contributed by atoms with E-state index < -0.39 is 0 Å². The second kappa shape index (κ2) is 8.36. The Morgan fingerprint density at radius 1 is 1.00 bits per heavy atom. The van der Waals surface area contributed by atoms with Crippen molar-refractivity contribution in [1.82, 2.24) is 20.4 Å². The number of hydrogen-bond acceptors (Lipinski definition) is 3. The molecule has 0 radical (unpaired) electrons. The van der Waals surface area contributed by atoms with E-state index in [9.17, 15) is 9.59 Å². The Hall–Kier alpha value is -2.83. The van der Waals surface area contributed by atoms with Gasteiger partial charge in [-0.25, -0.2) is 9.48 Å². The van der Waals surface area contributed by atoms with E-state index >= 15 is 0 Å². The molecule has 1 aromatic heterocycles. The van der Waals surface area contributed by atoms with E-state index in [1.807, 2.05) is 30.3 Å². The highest BCUT2D eigenvalue weighted by Crippen LogP contribution is 2.55. The molecule has 4 fully saturated rings. The van der Waals surface area contributed by atoms with E-state index in [0.717, 1.165) is 42.6 Å². The minimum atomic E-state index is -0.135. The molecule has 4 aliphatic rings. The predicted molar refractivity (Wildman–Crippen MR) is 118 cm³/mol. The molecule has 0 saturated heterocycles. The van der Waals surface area contributed by atoms with Gasteiger partial charge in [0.15, 0.2) is 0 Å². The lowest BCUT2D eigenvalue weighted by Gasteiger charge is -2.56. The minimum Gasteiger partial charge on any atom is -0.338 e. The lowest BCUT2D eigenvalue weighted by atomic mass is 9.53. The minimum absolute atomic E-state index is 0.00890. The average molecular weight is 422 g/mol. The fourth-order valence-corrected chi connectivity index (χ4v) is 6.36. The molecule has 31 heavy (non-hydrogen) atoms. The van der Waals surface area contributed by atoms with Gasteiger partial charge in [0.2, 0.25) is 5.91 Å². The third kappa shape index (κ3) is 4.60. The average Bonchev–Trinajstić information content (AvgIpc) is 3.13. The molecule has 0 spiro atoms. The van der Waals surface area contributed by atoms with Gasteiger partial charge in [0, 0.05) is 24.6 Å². The summed E-state index contributed by atoms with van der Waals surface area (Å²) in [5.41, 5.74) is 1.11. The number of anilines is 1. The van der Waals surface area contributed by atoms with E-state index in [1.165, 1.54) is 19.3 Å². The van der Waals surface area contributed by atoms with E-state index in [4.69, 9.17) is 0 Å². The molecule has 1 aromatic carbocycles. The van der Waals surface area contributed by atoms with Crippen molar-refractivity contribution in [1.29, 1.82) is 0 Å². The zero-order chi connectivity index (χ0) is 21.3. The Labute approximate surface area is 183 Å². The maximum atomic E-state index is 12.5. The lowest BCUT2D eigenvalue weighted by Crippen LogP contribution is -2.61. The summed E-state index contributed by atoms with van der Waals surface area (Å²) in [6.45, 7) is 0.909. The largest absolute Gasteiger partial charge is 0.338 e. The maximum Gasteiger partial charge on any atom is 0.315 e. The first-order chi connectivity index (χ1) is 15.1. The van der Waals surface area contributed by atoms with E-state index in [1.54, 1.807) is 16.9 Å². The zero-order valence-electron chi connectivity index (χ0n) is 17.8. The van der Waals surface area contributed by atoms with Crippen LogP contribution in [0.1, 0.15) is 50.5 Å². The molecule has 2 aromatic rings. The summed E-state index contributed by atoms with van der Waals surface area (Å²) in [4.78, 5) is 24.9. The summed E-state index contributed by atoms with van der Waals surface area (Å²) < 4.78 is 1.76. The van der Waals surface area contributed by atoms with Crippen molar-refractivity contribution in [2.24, 2.45) is 17.8 Å². The van der Waals surface area contributed by atoms with Gasteiger partial charge in [0.05, 0.1) is 12.7 Å². The van der Waals surface area contributed by atoms with Gasteiger partial charge in [0.1, 0.15) is 5.82 Å². The molecular weight excluding hydrogens is 390 g/mol. The van der Waals surface area contributed by atoms with E-state index in [2.05, 4.69) is 21.0 Å². The Bertz CT molecular complexity index is 903. The molecule has 6 rings (SSSR count). The van der Waals surface area contributed by atoms with Gasteiger partial charge < -0.3 is 16.0 Å². The Kier molecular flexibility index (Phi) is 5.42. The van der Waals surface area contributed by atoms with Gasteiger partial charge in [-0.2, -0.15) is 5.10 Å². The summed E-state index contributed by atoms with van der Waals surface area (Å²) in [6.07, 6.45) is 9.33. The van der Waals surface area contributed by atoms with Crippen LogP contribution in [-0.4, -0.2) is 33.8 Å². The van der Waals surface area contributed by atoms with Gasteiger partial charge in [-0.15, -0.1) is 0 Å². The standard InChI is InChI=1S/C24H31N5O2/c30-22(27-21-6-9-26-29(21)16-17-4-2-1-3-5-17)7-8-25-23(31)28-24-13-18-10-19(14-24)12-20(11-18)15-24/h1-6,9,18-20H,7-8,10-16H2,(H,27,30)(H2,25,28,31). The Morgan fingerprint density at radius 2 is 1.68 bits per heavy atom. The van der Waals surface area contributed by atoms with Crippen LogP contribution in [0.25, 0.3) is 0 Å². The smallest absolute Gasteiger partial charge is 0.315 e. The third-order valence-corrected chi connectivity index (χ3v) is 7.21. The van der Waals surface area contributed by atoms with E-state index in [0.29, 0.717) is 18.9 Å². The fourth-order valence-electron chi connectivity index (χ4n) is 6.36. The molecule has 164 valence electrons. The first-order valence-electron chi connectivity index (χ1n) is 11.5. The summed E-state index contributed by atoms with van der Waals surface area (Å²) in [7, 11) is 0. The first kappa shape index (κ1) is 20.1. The molecule has 4 aliphatic carbocycles. The van der Waals surface area contributed by atoms with Crippen LogP contribution in [0.15, 0.2) is 42.6 Å². The van der Waals surface area contributed by atoms with Crippen LogP contribution in [0.4, 0.5) is 10.6 Å². The molecular formula is C24H31N5O2. The van der Waals surface area contributed by atoms with Gasteiger partial charge in [-0.1, -0.05) is 30.3 Å². The van der Waals surface area contributed by atoms with Crippen LogP contribution in [0.2, 0.25) is 0 Å². The number of carbonyl (C=O) groups excluding carboxylic acids is 2. The van der Waals surface area contributed by atoms with E-state index in [-0.39, 0.29) is 23.9 Å². The van der Waals surface area contributed by atoms with Gasteiger partial charge in [-0.3, -0.25) is 4.79 Å². The molecule has 0 unspecified atom stereocenters. The van der Waals surface area contributed by atoms with Crippen molar-refractivity contribution >= 4 is 17.8 Å². The predicted octanol–water partition coefficient (Wildman–Crippen LogP) is 3.53. The van der Waals surface area contributed by atoms with Gasteiger partial charge in [-0.05, 0) is 61.8 Å². The number of aromatic nitrogens is 2. The number of nitrogens with zero attached hydrogens (tertiary/aromatic N) is 2. The maximum absolute atomic E-state index is 12.5. The van der Waals surface area contributed by atoms with Crippen molar-refractivity contribution in [2.45, 2.75) is 57.0 Å². The molecule has 0 aliphatic heterocycles. The fraction of sp³-hybridized carbons (Fsp3) is 0.542. The van der Waals surface area contributed by atoms with Gasteiger partial charge >= 0.3 is 6.03 Å². The van der Waals surface area contributed by atoms with Crippen LogP contribution in [0, 0.1) is 17.8 Å². The molecule has 4 bridgehead atoms. The third-order valence-electron chi connectivity index (χ3n) is 7.21. The zero-order valence-corrected chi connectivity index (χ0v) is 17.8. The number of urea groups is 1. The normalized spacial score (nSPS) is 28.3. The molecule has 3 amide bonds. The summed E-state index contributed by atoms with van der Waals surface area (Å²) in [5.74, 6) is 2.89. The highest BCUT2D eigenvalue weighted by atomic mass is 16.2. The van der Waals surface area contributed by atoms with Crippen molar-refractivity contribution in [3.8, 4) is 0 Å². The number of amides is 3. The molecule has 7 nitrogen and oxygen atoms in total. The lowest BCUT2D eigenvalue weighted by molar-refractivity contribution is -0.116. The van der Waals surface area contributed by atoms with Crippen molar-refractivity contribution in [3.05, 3.63) is 48.2 Å². The number of rotatable bonds is 7. The molecule has 1 heterocycles. The van der Waals surface area contributed by atoms with Crippen LogP contribution < -0.4 is 16.0 Å². The van der Waals surface area contributed by atoms with Crippen molar-refractivity contribution < 1.29 is 9.59 Å². The monoisotopic (exact) mass is 421 g/mol. The molecule has 3 N–H and O–H groups in total. The van der Waals surface area contributed by atoms with Crippen molar-refractivity contribution in [2.75, 3.05) is 11.9 Å². The molecule has 7 heteroatoms. The summed E-state index contributed by atoms with van der Waals surface area (Å²) in [5, 5.41) is 13.4. The summed E-state index contributed by atoms with van der Waals surface area (Å²) >= 11 is 0. The first-order valence-corrected chi connectivity index (χ1v) is 11.5. The van der Waals surface area contributed by atoms with Crippen LogP contribution >= 0.6 is 0 Å². The van der Waals surface area contributed by atoms with Crippen molar-refractivity contribution in [3.63, 3.8) is 0 Å². The number of carbonyl (C=O) groups is 2. The molecule has 0 atom stereocenters. The molecule has 4 saturated carbocycles. The summed E-state index contributed by atoms with van der Waals surface area (Å²) in [6, 6.07) is 11.6. The highest BCUT2D eigenvalue weighted by molar-refractivity contribution is 5.90. The Balaban J connectivity index is 1.07. The van der Waals surface area contributed by atoms with Crippen LogP contribution in [0.5, 0.6) is 0 Å². The van der Waals surface area contributed by atoms with Crippen LogP contribution in [0.3, 0.4) is 0 Å². The highest BCUT2D eigenvalue weighted by Gasteiger charge is 2.51. The quantitative estimate of drug-likeness (QED) is 0.639. The SMILES string of the molecule is O=C(CCNC(=O)NC12CC3CC(CC(C3)C1)C2)Nc1ccnn1Cc1ccccc1. The number of hydrogen-bond donors (Lipinski definition) is 3. The Morgan fingerprint density at radius 3 is 2.35 bits per heavy atom. The number of nitrogens with one attached hydrogen (secondary N) is 3. The number of benzene rings is 1. The van der Waals surface area contributed by atoms with Crippen LogP contribution in [-0.2, 0) is 11.3 Å². The van der Waals surface area contributed by atoms with Gasteiger partial charge in [0.25, 0.3) is 0 Å². The second-order valence-corrected chi connectivity index (χ2v) is 9.74. The topological polar surface area (TPSA) is 88.1 Å². The second-order valence-electron chi connectivity index (χ2n) is 9.74.